The minimum atomic E-state index is -0.196. The van der Waals surface area contributed by atoms with Crippen LogP contribution in [0.15, 0.2) is 0 Å². The Bertz CT molecular complexity index is 292. The van der Waals surface area contributed by atoms with Crippen molar-refractivity contribution in [3.8, 4) is 0 Å². The average molecular weight is 253 g/mol. The van der Waals surface area contributed by atoms with Crippen molar-refractivity contribution in [3.05, 3.63) is 0 Å². The molecule has 2 fully saturated rings. The third kappa shape index (κ3) is 2.28. The minimum absolute atomic E-state index is 0.196. The smallest absolute Gasteiger partial charge is 0.230 e. The van der Waals surface area contributed by atoms with E-state index in [1.165, 1.54) is 0 Å². The van der Waals surface area contributed by atoms with Gasteiger partial charge in [0.2, 0.25) is 5.91 Å². The van der Waals surface area contributed by atoms with E-state index in [0.29, 0.717) is 18.5 Å². The van der Waals surface area contributed by atoms with Gasteiger partial charge in [-0.05, 0) is 32.4 Å². The SMILES string of the molecule is CCN(CC)C1CCN(C(=O)C2(CN)CCC2)C1. The third-order valence-corrected chi connectivity index (χ3v) is 4.93. The fourth-order valence-corrected chi connectivity index (χ4v) is 3.41. The van der Waals surface area contributed by atoms with Crippen molar-refractivity contribution >= 4 is 5.91 Å². The molecule has 0 spiro atoms. The van der Waals surface area contributed by atoms with Gasteiger partial charge in [-0.3, -0.25) is 9.69 Å². The molecular weight excluding hydrogens is 226 g/mol. The van der Waals surface area contributed by atoms with Crippen molar-refractivity contribution < 1.29 is 4.79 Å². The molecule has 4 heteroatoms. The lowest BCUT2D eigenvalue weighted by molar-refractivity contribution is -0.145. The van der Waals surface area contributed by atoms with Crippen LogP contribution >= 0.6 is 0 Å². The first kappa shape index (κ1) is 13.8. The second-order valence-electron chi connectivity index (χ2n) is 5.75. The Morgan fingerprint density at radius 1 is 1.39 bits per heavy atom. The molecule has 1 saturated heterocycles. The first-order valence-electron chi connectivity index (χ1n) is 7.40. The number of nitrogens with zero attached hydrogens (tertiary/aromatic N) is 2. The molecule has 1 aliphatic heterocycles. The molecule has 1 unspecified atom stereocenters. The molecule has 4 nitrogen and oxygen atoms in total. The van der Waals surface area contributed by atoms with E-state index >= 15 is 0 Å². The number of likely N-dealkylation sites (tertiary alicyclic amines) is 1. The normalized spacial score (nSPS) is 26.4. The highest BCUT2D eigenvalue weighted by Crippen LogP contribution is 2.42. The van der Waals surface area contributed by atoms with Crippen LogP contribution in [0.4, 0.5) is 0 Å². The van der Waals surface area contributed by atoms with E-state index in [2.05, 4.69) is 23.6 Å². The Balaban J connectivity index is 1.94. The summed E-state index contributed by atoms with van der Waals surface area (Å²) in [5, 5.41) is 0. The number of carbonyl (C=O) groups excluding carboxylic acids is 1. The summed E-state index contributed by atoms with van der Waals surface area (Å²) in [6.45, 7) is 8.89. The van der Waals surface area contributed by atoms with Gasteiger partial charge < -0.3 is 10.6 Å². The molecule has 2 N–H and O–H groups in total. The molecule has 2 aliphatic rings. The molecule has 0 aromatic carbocycles. The third-order valence-electron chi connectivity index (χ3n) is 4.93. The van der Waals surface area contributed by atoms with Gasteiger partial charge >= 0.3 is 0 Å². The molecule has 1 atom stereocenters. The highest BCUT2D eigenvalue weighted by molar-refractivity contribution is 5.84. The van der Waals surface area contributed by atoms with Crippen molar-refractivity contribution in [2.24, 2.45) is 11.1 Å². The maximum atomic E-state index is 12.6. The lowest BCUT2D eigenvalue weighted by Crippen LogP contribution is -2.52. The van der Waals surface area contributed by atoms with Gasteiger partial charge in [0, 0.05) is 25.7 Å². The maximum Gasteiger partial charge on any atom is 0.230 e. The monoisotopic (exact) mass is 253 g/mol. The van der Waals surface area contributed by atoms with Crippen molar-refractivity contribution in [3.63, 3.8) is 0 Å². The highest BCUT2D eigenvalue weighted by atomic mass is 16.2. The van der Waals surface area contributed by atoms with E-state index in [1.807, 2.05) is 0 Å². The zero-order valence-corrected chi connectivity index (χ0v) is 11.8. The zero-order chi connectivity index (χ0) is 13.2. The Morgan fingerprint density at radius 3 is 2.50 bits per heavy atom. The number of likely N-dealkylation sites (N-methyl/N-ethyl adjacent to an activating group) is 1. The summed E-state index contributed by atoms with van der Waals surface area (Å²) in [5.74, 6) is 0.325. The summed E-state index contributed by atoms with van der Waals surface area (Å²) in [5.41, 5.74) is 5.63. The number of carbonyl (C=O) groups is 1. The van der Waals surface area contributed by atoms with E-state index in [-0.39, 0.29) is 5.41 Å². The van der Waals surface area contributed by atoms with Gasteiger partial charge in [0.05, 0.1) is 5.41 Å². The summed E-state index contributed by atoms with van der Waals surface area (Å²) in [6.07, 6.45) is 4.27. The Labute approximate surface area is 110 Å². The van der Waals surface area contributed by atoms with Crippen LogP contribution in [-0.4, -0.2) is 54.5 Å². The van der Waals surface area contributed by atoms with E-state index in [4.69, 9.17) is 5.73 Å². The zero-order valence-electron chi connectivity index (χ0n) is 11.8. The van der Waals surface area contributed by atoms with Gasteiger partial charge in [0.25, 0.3) is 0 Å². The minimum Gasteiger partial charge on any atom is -0.341 e. The lowest BCUT2D eigenvalue weighted by Gasteiger charge is -2.42. The molecule has 0 aromatic rings. The van der Waals surface area contributed by atoms with E-state index in [1.54, 1.807) is 0 Å². The van der Waals surface area contributed by atoms with Gasteiger partial charge in [-0.2, -0.15) is 0 Å². The molecule has 1 amide bonds. The topological polar surface area (TPSA) is 49.6 Å². The Morgan fingerprint density at radius 2 is 2.06 bits per heavy atom. The van der Waals surface area contributed by atoms with E-state index in [0.717, 1.165) is 51.9 Å². The second kappa shape index (κ2) is 5.57. The number of hydrogen-bond acceptors (Lipinski definition) is 3. The summed E-state index contributed by atoms with van der Waals surface area (Å²) in [6, 6.07) is 0.554. The van der Waals surface area contributed by atoms with Crippen LogP contribution < -0.4 is 5.73 Å². The molecule has 1 heterocycles. The molecule has 1 aliphatic carbocycles. The molecule has 0 bridgehead atoms. The predicted octanol–water partition coefficient (Wildman–Crippen LogP) is 1.06. The largest absolute Gasteiger partial charge is 0.341 e. The average Bonchev–Trinajstić information content (AvgIpc) is 2.79. The number of hydrogen-bond donors (Lipinski definition) is 1. The lowest BCUT2D eigenvalue weighted by atomic mass is 9.68. The van der Waals surface area contributed by atoms with Crippen LogP contribution in [0.1, 0.15) is 39.5 Å². The van der Waals surface area contributed by atoms with Crippen LogP contribution in [0.25, 0.3) is 0 Å². The molecule has 2 rings (SSSR count). The Hall–Kier alpha value is -0.610. The first-order valence-corrected chi connectivity index (χ1v) is 7.40. The highest BCUT2D eigenvalue weighted by Gasteiger charge is 2.46. The molecule has 1 saturated carbocycles. The summed E-state index contributed by atoms with van der Waals surface area (Å²) in [7, 11) is 0. The number of nitrogens with two attached hydrogens (primary N) is 1. The van der Waals surface area contributed by atoms with Gasteiger partial charge in [-0.25, -0.2) is 0 Å². The summed E-state index contributed by atoms with van der Waals surface area (Å²) >= 11 is 0. The van der Waals surface area contributed by atoms with E-state index in [9.17, 15) is 4.79 Å². The van der Waals surface area contributed by atoms with Crippen molar-refractivity contribution in [2.45, 2.75) is 45.6 Å². The van der Waals surface area contributed by atoms with Gasteiger partial charge in [-0.1, -0.05) is 20.3 Å². The maximum absolute atomic E-state index is 12.6. The van der Waals surface area contributed by atoms with Crippen molar-refractivity contribution in [1.29, 1.82) is 0 Å². The van der Waals surface area contributed by atoms with Crippen LogP contribution in [-0.2, 0) is 4.79 Å². The quantitative estimate of drug-likeness (QED) is 0.797. The summed E-state index contributed by atoms with van der Waals surface area (Å²) in [4.78, 5) is 17.1. The van der Waals surface area contributed by atoms with E-state index < -0.39 is 0 Å². The van der Waals surface area contributed by atoms with Crippen LogP contribution in [0.5, 0.6) is 0 Å². The first-order chi connectivity index (χ1) is 8.66. The number of amides is 1. The van der Waals surface area contributed by atoms with Crippen molar-refractivity contribution in [1.82, 2.24) is 9.80 Å². The standard InChI is InChI=1S/C14H27N3O/c1-3-16(4-2)12-6-9-17(10-12)13(18)14(11-15)7-5-8-14/h12H,3-11,15H2,1-2H3. The van der Waals surface area contributed by atoms with Crippen LogP contribution in [0.3, 0.4) is 0 Å². The second-order valence-corrected chi connectivity index (χ2v) is 5.75. The van der Waals surface area contributed by atoms with Crippen LogP contribution in [0.2, 0.25) is 0 Å². The predicted molar refractivity (Wildman–Crippen MR) is 73.2 cm³/mol. The van der Waals surface area contributed by atoms with Gasteiger partial charge in [0.15, 0.2) is 0 Å². The molecule has 0 aromatic heterocycles. The van der Waals surface area contributed by atoms with Gasteiger partial charge in [0.1, 0.15) is 0 Å². The molecule has 18 heavy (non-hydrogen) atoms. The van der Waals surface area contributed by atoms with Gasteiger partial charge in [-0.15, -0.1) is 0 Å². The fraction of sp³-hybridized carbons (Fsp3) is 0.929. The Kier molecular flexibility index (Phi) is 4.28. The molecule has 104 valence electrons. The summed E-state index contributed by atoms with van der Waals surface area (Å²) < 4.78 is 0. The molecule has 0 radical (unpaired) electrons. The van der Waals surface area contributed by atoms with Crippen LogP contribution in [0, 0.1) is 5.41 Å². The molecular formula is C14H27N3O. The van der Waals surface area contributed by atoms with Crippen molar-refractivity contribution in [2.75, 3.05) is 32.7 Å². The fourth-order valence-electron chi connectivity index (χ4n) is 3.41. The number of rotatable bonds is 5.